The Labute approximate surface area is 120 Å². The second kappa shape index (κ2) is 5.39. The highest BCUT2D eigenvalue weighted by atomic mass is 16.6. The molecule has 0 N–H and O–H groups in total. The van der Waals surface area contributed by atoms with Gasteiger partial charge in [-0.3, -0.25) is 4.79 Å². The van der Waals surface area contributed by atoms with Crippen LogP contribution < -0.4 is 0 Å². The average Bonchev–Trinajstić information content (AvgIpc) is 3.18. The largest absolute Gasteiger partial charge is 0.447 e. The summed E-state index contributed by atoms with van der Waals surface area (Å²) < 4.78 is 5.47. The SMILES string of the molecule is CC(C)C(=O)C1(OC(=O)c2ccc(C(C)C)cc2)CC1. The average molecular weight is 274 g/mol. The van der Waals surface area contributed by atoms with Gasteiger partial charge in [0.05, 0.1) is 5.56 Å². The van der Waals surface area contributed by atoms with Gasteiger partial charge in [-0.15, -0.1) is 0 Å². The maximum Gasteiger partial charge on any atom is 0.339 e. The van der Waals surface area contributed by atoms with Gasteiger partial charge >= 0.3 is 5.97 Å². The fraction of sp³-hybridized carbons (Fsp3) is 0.529. The highest BCUT2D eigenvalue weighted by Crippen LogP contribution is 2.42. The van der Waals surface area contributed by atoms with Crippen LogP contribution in [0.5, 0.6) is 0 Å². The summed E-state index contributed by atoms with van der Waals surface area (Å²) in [6, 6.07) is 7.41. The van der Waals surface area contributed by atoms with Gasteiger partial charge in [0, 0.05) is 5.92 Å². The van der Waals surface area contributed by atoms with Crippen LogP contribution in [-0.4, -0.2) is 17.4 Å². The summed E-state index contributed by atoms with van der Waals surface area (Å²) >= 11 is 0. The maximum atomic E-state index is 12.1. The fourth-order valence-corrected chi connectivity index (χ4v) is 2.28. The number of hydrogen-bond acceptors (Lipinski definition) is 3. The number of benzene rings is 1. The number of carbonyl (C=O) groups is 2. The van der Waals surface area contributed by atoms with Crippen molar-refractivity contribution in [1.29, 1.82) is 0 Å². The first-order valence-corrected chi connectivity index (χ1v) is 7.23. The Morgan fingerprint density at radius 3 is 2.00 bits per heavy atom. The van der Waals surface area contributed by atoms with Crippen molar-refractivity contribution in [2.45, 2.75) is 52.1 Å². The van der Waals surface area contributed by atoms with Gasteiger partial charge in [-0.1, -0.05) is 39.8 Å². The molecule has 0 atom stereocenters. The lowest BCUT2D eigenvalue weighted by atomic mass is 10.0. The summed E-state index contributed by atoms with van der Waals surface area (Å²) in [6.07, 6.45) is 1.31. The number of Topliss-reactive ketones (excluding diaryl/α,β-unsaturated/α-hetero) is 1. The number of hydrogen-bond donors (Lipinski definition) is 0. The van der Waals surface area contributed by atoms with E-state index in [0.29, 0.717) is 24.3 Å². The Kier molecular flexibility index (Phi) is 3.98. The third kappa shape index (κ3) is 2.92. The number of rotatable bonds is 5. The van der Waals surface area contributed by atoms with Crippen LogP contribution in [0.2, 0.25) is 0 Å². The van der Waals surface area contributed by atoms with Gasteiger partial charge in [0.1, 0.15) is 0 Å². The van der Waals surface area contributed by atoms with Gasteiger partial charge < -0.3 is 4.74 Å². The molecule has 1 aromatic rings. The molecule has 0 unspecified atom stereocenters. The van der Waals surface area contributed by atoms with E-state index in [1.54, 1.807) is 12.1 Å². The minimum absolute atomic E-state index is 0.0321. The van der Waals surface area contributed by atoms with E-state index in [-0.39, 0.29) is 11.7 Å². The molecule has 0 amide bonds. The van der Waals surface area contributed by atoms with Gasteiger partial charge in [0.25, 0.3) is 0 Å². The molecular formula is C17H22O3. The first-order valence-electron chi connectivity index (χ1n) is 7.23. The van der Waals surface area contributed by atoms with Crippen LogP contribution >= 0.6 is 0 Å². The van der Waals surface area contributed by atoms with E-state index in [1.807, 2.05) is 26.0 Å². The van der Waals surface area contributed by atoms with Gasteiger partial charge in [-0.25, -0.2) is 4.79 Å². The molecule has 20 heavy (non-hydrogen) atoms. The summed E-state index contributed by atoms with van der Waals surface area (Å²) in [7, 11) is 0. The molecule has 0 radical (unpaired) electrons. The summed E-state index contributed by atoms with van der Waals surface area (Å²) in [5, 5.41) is 0. The lowest BCUT2D eigenvalue weighted by molar-refractivity contribution is -0.133. The van der Waals surface area contributed by atoms with Crippen molar-refractivity contribution in [2.75, 3.05) is 0 Å². The van der Waals surface area contributed by atoms with Crippen molar-refractivity contribution in [1.82, 2.24) is 0 Å². The van der Waals surface area contributed by atoms with Crippen LogP contribution in [0.15, 0.2) is 24.3 Å². The minimum atomic E-state index is -0.845. The molecule has 1 aliphatic carbocycles. The lowest BCUT2D eigenvalue weighted by Crippen LogP contribution is -2.32. The van der Waals surface area contributed by atoms with E-state index >= 15 is 0 Å². The molecule has 2 rings (SSSR count). The molecule has 0 saturated heterocycles. The van der Waals surface area contributed by atoms with Gasteiger partial charge in [0.15, 0.2) is 11.4 Å². The van der Waals surface area contributed by atoms with E-state index in [1.165, 1.54) is 5.56 Å². The molecule has 1 aromatic carbocycles. The number of ether oxygens (including phenoxy) is 1. The van der Waals surface area contributed by atoms with E-state index in [0.717, 1.165) is 0 Å². The number of esters is 1. The third-order valence-electron chi connectivity index (χ3n) is 3.78. The van der Waals surface area contributed by atoms with E-state index in [9.17, 15) is 9.59 Å². The van der Waals surface area contributed by atoms with Crippen LogP contribution in [0.3, 0.4) is 0 Å². The first kappa shape index (κ1) is 14.8. The van der Waals surface area contributed by atoms with Crippen molar-refractivity contribution in [2.24, 2.45) is 5.92 Å². The number of ketones is 1. The molecule has 0 heterocycles. The molecule has 108 valence electrons. The van der Waals surface area contributed by atoms with Crippen molar-refractivity contribution < 1.29 is 14.3 Å². The molecule has 0 bridgehead atoms. The molecule has 1 aliphatic rings. The lowest BCUT2D eigenvalue weighted by Gasteiger charge is -2.17. The Balaban J connectivity index is 2.07. The van der Waals surface area contributed by atoms with Crippen molar-refractivity contribution >= 4 is 11.8 Å². The highest BCUT2D eigenvalue weighted by Gasteiger charge is 2.54. The molecule has 0 aromatic heterocycles. The zero-order chi connectivity index (χ0) is 14.9. The summed E-state index contributed by atoms with van der Waals surface area (Å²) in [6.45, 7) is 7.89. The zero-order valence-corrected chi connectivity index (χ0v) is 12.6. The monoisotopic (exact) mass is 274 g/mol. The second-order valence-electron chi connectivity index (χ2n) is 6.18. The van der Waals surface area contributed by atoms with E-state index in [2.05, 4.69) is 13.8 Å². The molecular weight excluding hydrogens is 252 g/mol. The van der Waals surface area contributed by atoms with Gasteiger partial charge in [-0.05, 0) is 36.5 Å². The molecule has 0 aliphatic heterocycles. The highest BCUT2D eigenvalue weighted by molar-refractivity contribution is 5.97. The molecule has 1 saturated carbocycles. The fourth-order valence-electron chi connectivity index (χ4n) is 2.28. The maximum absolute atomic E-state index is 12.1. The van der Waals surface area contributed by atoms with Gasteiger partial charge in [0.2, 0.25) is 0 Å². The van der Waals surface area contributed by atoms with E-state index in [4.69, 9.17) is 4.74 Å². The minimum Gasteiger partial charge on any atom is -0.447 e. The Morgan fingerprint density at radius 2 is 1.60 bits per heavy atom. The van der Waals surface area contributed by atoms with Crippen LogP contribution in [0.4, 0.5) is 0 Å². The van der Waals surface area contributed by atoms with Crippen LogP contribution in [-0.2, 0) is 9.53 Å². The van der Waals surface area contributed by atoms with Crippen molar-refractivity contribution in [3.05, 3.63) is 35.4 Å². The topological polar surface area (TPSA) is 43.4 Å². The smallest absolute Gasteiger partial charge is 0.339 e. The van der Waals surface area contributed by atoms with E-state index < -0.39 is 11.6 Å². The van der Waals surface area contributed by atoms with Gasteiger partial charge in [-0.2, -0.15) is 0 Å². The second-order valence-corrected chi connectivity index (χ2v) is 6.18. The predicted octanol–water partition coefficient (Wildman–Crippen LogP) is 3.72. The normalized spacial score (nSPS) is 16.3. The predicted molar refractivity (Wildman–Crippen MR) is 77.8 cm³/mol. The zero-order valence-electron chi connectivity index (χ0n) is 12.6. The Hall–Kier alpha value is -1.64. The summed E-state index contributed by atoms with van der Waals surface area (Å²) in [5.41, 5.74) is 0.847. The van der Waals surface area contributed by atoms with Crippen molar-refractivity contribution in [3.63, 3.8) is 0 Å². The summed E-state index contributed by atoms with van der Waals surface area (Å²) in [4.78, 5) is 24.2. The molecule has 0 spiro atoms. The van der Waals surface area contributed by atoms with Crippen LogP contribution in [0.25, 0.3) is 0 Å². The molecule has 3 heteroatoms. The Bertz CT molecular complexity index is 508. The first-order chi connectivity index (χ1) is 9.35. The quantitative estimate of drug-likeness (QED) is 0.768. The van der Waals surface area contributed by atoms with Crippen LogP contribution in [0.1, 0.15) is 62.4 Å². The standard InChI is InChI=1S/C17H22O3/c1-11(2)13-5-7-14(8-6-13)16(19)20-17(9-10-17)15(18)12(3)4/h5-8,11-12H,9-10H2,1-4H3. The Morgan fingerprint density at radius 1 is 1.05 bits per heavy atom. The number of carbonyl (C=O) groups excluding carboxylic acids is 2. The summed E-state index contributed by atoms with van der Waals surface area (Å²) in [5.74, 6) is -0.0394. The van der Waals surface area contributed by atoms with Crippen LogP contribution in [0, 0.1) is 5.92 Å². The van der Waals surface area contributed by atoms with Crippen molar-refractivity contribution in [3.8, 4) is 0 Å². The molecule has 3 nitrogen and oxygen atoms in total. The third-order valence-corrected chi connectivity index (χ3v) is 3.78. The molecule has 1 fully saturated rings.